The van der Waals surface area contributed by atoms with Crippen molar-refractivity contribution in [3.8, 4) is 5.75 Å². The van der Waals surface area contributed by atoms with Crippen LogP contribution in [0.4, 0.5) is 0 Å². The molecular weight excluding hydrogens is 359 g/mol. The molecule has 6 heteroatoms. The number of aliphatic hydroxyl groups is 1. The average Bonchev–Trinajstić information content (AvgIpc) is 2.61. The summed E-state index contributed by atoms with van der Waals surface area (Å²) in [5, 5.41) is 14.8. The van der Waals surface area contributed by atoms with E-state index >= 15 is 0 Å². The highest BCUT2D eigenvalue weighted by atomic mass is 35.5. The molecule has 25 heavy (non-hydrogen) atoms. The van der Waals surface area contributed by atoms with Crippen LogP contribution in [0.2, 0.25) is 0 Å². The van der Waals surface area contributed by atoms with Gasteiger partial charge in [0.1, 0.15) is 5.75 Å². The topological polar surface area (TPSA) is 44.7 Å². The van der Waals surface area contributed by atoms with Crippen molar-refractivity contribution < 1.29 is 9.84 Å². The van der Waals surface area contributed by atoms with Crippen molar-refractivity contribution in [3.63, 3.8) is 0 Å². The summed E-state index contributed by atoms with van der Waals surface area (Å²) >= 11 is 0. The van der Waals surface area contributed by atoms with Gasteiger partial charge >= 0.3 is 0 Å². The third kappa shape index (κ3) is 5.73. The van der Waals surface area contributed by atoms with Crippen molar-refractivity contribution in [2.75, 3.05) is 39.8 Å². The van der Waals surface area contributed by atoms with Crippen molar-refractivity contribution in [2.24, 2.45) is 0 Å². The fraction of sp³-hybridized carbons (Fsp3) is 0.684. The van der Waals surface area contributed by atoms with Gasteiger partial charge in [-0.15, -0.1) is 24.8 Å². The van der Waals surface area contributed by atoms with Gasteiger partial charge in [-0.05, 0) is 30.5 Å². The molecule has 1 saturated heterocycles. The largest absolute Gasteiger partial charge is 0.497 e. The van der Waals surface area contributed by atoms with Gasteiger partial charge in [0.2, 0.25) is 0 Å². The zero-order valence-electron chi connectivity index (χ0n) is 15.1. The number of nitrogens with one attached hydrogen (secondary N) is 1. The van der Waals surface area contributed by atoms with Gasteiger partial charge < -0.3 is 20.1 Å². The minimum absolute atomic E-state index is 0. The van der Waals surface area contributed by atoms with Gasteiger partial charge in [0.15, 0.2) is 0 Å². The molecule has 1 saturated carbocycles. The summed E-state index contributed by atoms with van der Waals surface area (Å²) in [6.45, 7) is 5.19. The lowest BCUT2D eigenvalue weighted by Crippen LogP contribution is -2.49. The number of ether oxygens (including phenoxy) is 1. The van der Waals surface area contributed by atoms with E-state index in [1.165, 1.54) is 12.0 Å². The third-order valence-electron chi connectivity index (χ3n) is 5.54. The molecule has 1 atom stereocenters. The highest BCUT2D eigenvalue weighted by molar-refractivity contribution is 5.85. The van der Waals surface area contributed by atoms with Gasteiger partial charge in [-0.25, -0.2) is 0 Å². The summed E-state index contributed by atoms with van der Waals surface area (Å²) < 4.78 is 5.29. The normalized spacial score (nSPS) is 21.5. The lowest BCUT2D eigenvalue weighted by molar-refractivity contribution is -0.0316. The van der Waals surface area contributed by atoms with Gasteiger partial charge in [-0.2, -0.15) is 0 Å². The van der Waals surface area contributed by atoms with E-state index in [0.29, 0.717) is 0 Å². The highest BCUT2D eigenvalue weighted by Crippen LogP contribution is 2.40. The fourth-order valence-corrected chi connectivity index (χ4v) is 4.09. The number of methoxy groups -OCH3 is 1. The van der Waals surface area contributed by atoms with Crippen molar-refractivity contribution in [2.45, 2.75) is 43.6 Å². The van der Waals surface area contributed by atoms with E-state index < -0.39 is 5.60 Å². The Kier molecular flexibility index (Phi) is 9.54. The van der Waals surface area contributed by atoms with E-state index in [4.69, 9.17) is 4.74 Å². The molecule has 2 fully saturated rings. The molecule has 4 nitrogen and oxygen atoms in total. The van der Waals surface area contributed by atoms with Gasteiger partial charge in [-0.3, -0.25) is 0 Å². The van der Waals surface area contributed by atoms with Crippen LogP contribution in [-0.4, -0.2) is 55.4 Å². The molecule has 0 amide bonds. The molecule has 0 spiro atoms. The summed E-state index contributed by atoms with van der Waals surface area (Å²) in [5.41, 5.74) is 0.686. The van der Waals surface area contributed by atoms with E-state index in [1.54, 1.807) is 7.11 Å². The van der Waals surface area contributed by atoms with Gasteiger partial charge in [0.25, 0.3) is 0 Å². The van der Waals surface area contributed by atoms with Crippen molar-refractivity contribution in [1.29, 1.82) is 0 Å². The maximum absolute atomic E-state index is 11.4. The number of benzene rings is 1. The standard InChI is InChI=1S/C19H30N2O2.2ClH/c1-23-17-7-5-16(6-8-17)18(15-21-13-11-20-12-14-21)19(22)9-3-2-4-10-19;;/h5-8,18,20,22H,2-4,9-15H2,1H3;2*1H. The van der Waals surface area contributed by atoms with Crippen molar-refractivity contribution >= 4 is 24.8 Å². The number of rotatable bonds is 5. The summed E-state index contributed by atoms with van der Waals surface area (Å²) in [5.74, 6) is 1.07. The number of hydrogen-bond acceptors (Lipinski definition) is 4. The van der Waals surface area contributed by atoms with Crippen LogP contribution in [0, 0.1) is 0 Å². The minimum Gasteiger partial charge on any atom is -0.497 e. The zero-order valence-corrected chi connectivity index (χ0v) is 16.7. The van der Waals surface area contributed by atoms with Crippen LogP contribution < -0.4 is 10.1 Å². The molecule has 0 radical (unpaired) electrons. The van der Waals surface area contributed by atoms with Crippen LogP contribution in [0.15, 0.2) is 24.3 Å². The molecule has 144 valence electrons. The number of piperazine rings is 1. The molecule has 0 aromatic heterocycles. The molecule has 2 aliphatic rings. The van der Waals surface area contributed by atoms with Gasteiger partial charge in [-0.1, -0.05) is 31.4 Å². The quantitative estimate of drug-likeness (QED) is 0.809. The smallest absolute Gasteiger partial charge is 0.118 e. The van der Waals surface area contributed by atoms with Crippen LogP contribution in [0.5, 0.6) is 5.75 Å². The first-order valence-corrected chi connectivity index (χ1v) is 9.01. The molecule has 1 unspecified atom stereocenters. The zero-order chi connectivity index (χ0) is 16.1. The molecule has 1 heterocycles. The first kappa shape index (κ1) is 22.5. The number of hydrogen-bond donors (Lipinski definition) is 2. The van der Waals surface area contributed by atoms with E-state index in [0.717, 1.165) is 64.2 Å². The van der Waals surface area contributed by atoms with Crippen molar-refractivity contribution in [3.05, 3.63) is 29.8 Å². The monoisotopic (exact) mass is 390 g/mol. The lowest BCUT2D eigenvalue weighted by atomic mass is 9.72. The molecule has 1 aromatic carbocycles. The van der Waals surface area contributed by atoms with Crippen LogP contribution >= 0.6 is 24.8 Å². The number of halogens is 2. The Balaban J connectivity index is 0.00000156. The first-order chi connectivity index (χ1) is 11.2. The summed E-state index contributed by atoms with van der Waals surface area (Å²) in [7, 11) is 1.70. The summed E-state index contributed by atoms with van der Waals surface area (Å²) in [6, 6.07) is 8.31. The Morgan fingerprint density at radius 3 is 2.24 bits per heavy atom. The molecule has 0 bridgehead atoms. The predicted octanol–water partition coefficient (Wildman–Crippen LogP) is 3.22. The molecule has 3 rings (SSSR count). The second kappa shape index (κ2) is 10.6. The van der Waals surface area contributed by atoms with Crippen LogP contribution in [0.3, 0.4) is 0 Å². The molecule has 1 aliphatic heterocycles. The molecular formula is C19H32Cl2N2O2. The highest BCUT2D eigenvalue weighted by Gasteiger charge is 2.39. The van der Waals surface area contributed by atoms with E-state index in [-0.39, 0.29) is 30.7 Å². The van der Waals surface area contributed by atoms with E-state index in [1.807, 2.05) is 12.1 Å². The van der Waals surface area contributed by atoms with Crippen molar-refractivity contribution in [1.82, 2.24) is 10.2 Å². The fourth-order valence-electron chi connectivity index (χ4n) is 4.09. The maximum Gasteiger partial charge on any atom is 0.118 e. The van der Waals surface area contributed by atoms with Crippen LogP contribution in [0.1, 0.15) is 43.6 Å². The second-order valence-electron chi connectivity index (χ2n) is 7.04. The Bertz CT molecular complexity index is 487. The predicted molar refractivity (Wildman–Crippen MR) is 108 cm³/mol. The van der Waals surface area contributed by atoms with E-state index in [2.05, 4.69) is 22.3 Å². The Hall–Kier alpha value is -0.520. The minimum atomic E-state index is -0.558. The first-order valence-electron chi connectivity index (χ1n) is 9.01. The molecule has 1 aliphatic carbocycles. The molecule has 2 N–H and O–H groups in total. The maximum atomic E-state index is 11.4. The van der Waals surface area contributed by atoms with Crippen LogP contribution in [-0.2, 0) is 0 Å². The van der Waals surface area contributed by atoms with E-state index in [9.17, 15) is 5.11 Å². The lowest BCUT2D eigenvalue weighted by Gasteiger charge is -2.42. The third-order valence-corrected chi connectivity index (χ3v) is 5.54. The van der Waals surface area contributed by atoms with Gasteiger partial charge in [0.05, 0.1) is 12.7 Å². The summed E-state index contributed by atoms with van der Waals surface area (Å²) in [4.78, 5) is 2.50. The number of nitrogens with zero attached hydrogens (tertiary/aromatic N) is 1. The average molecular weight is 391 g/mol. The second-order valence-corrected chi connectivity index (χ2v) is 7.04. The Morgan fingerprint density at radius 2 is 1.68 bits per heavy atom. The summed E-state index contributed by atoms with van der Waals surface area (Å²) in [6.07, 6.45) is 5.40. The Morgan fingerprint density at radius 1 is 1.08 bits per heavy atom. The van der Waals surface area contributed by atoms with Crippen LogP contribution in [0.25, 0.3) is 0 Å². The Labute approximate surface area is 164 Å². The van der Waals surface area contributed by atoms with Gasteiger partial charge in [0, 0.05) is 38.6 Å². The SMILES string of the molecule is COc1ccc(C(CN2CCNCC2)C2(O)CCCCC2)cc1.Cl.Cl. The molecule has 1 aromatic rings.